The molecule has 23 heavy (non-hydrogen) atoms. The summed E-state index contributed by atoms with van der Waals surface area (Å²) in [7, 11) is 0. The fourth-order valence-corrected chi connectivity index (χ4v) is 2.37. The molecule has 1 saturated carbocycles. The van der Waals surface area contributed by atoms with Crippen LogP contribution in [0.25, 0.3) is 0 Å². The molecule has 1 atom stereocenters. The number of carbonyl (C=O) groups excluding carboxylic acids is 1. The van der Waals surface area contributed by atoms with Crippen LogP contribution in [0.15, 0.2) is 18.2 Å². The van der Waals surface area contributed by atoms with E-state index in [1.165, 1.54) is 0 Å². The summed E-state index contributed by atoms with van der Waals surface area (Å²) in [5, 5.41) is 3.02. The van der Waals surface area contributed by atoms with E-state index < -0.39 is 0 Å². The molecule has 3 N–H and O–H groups in total. The molecule has 0 spiro atoms. The van der Waals surface area contributed by atoms with E-state index in [2.05, 4.69) is 5.32 Å². The highest BCUT2D eigenvalue weighted by Gasteiger charge is 2.31. The molecule has 1 aliphatic rings. The van der Waals surface area contributed by atoms with E-state index in [1.54, 1.807) is 18.2 Å². The molecule has 5 nitrogen and oxygen atoms in total. The average molecular weight is 343 g/mol. The number of amides is 1. The smallest absolute Gasteiger partial charge is 0.251 e. The van der Waals surface area contributed by atoms with Gasteiger partial charge in [0.15, 0.2) is 11.5 Å². The van der Waals surface area contributed by atoms with Gasteiger partial charge < -0.3 is 20.5 Å². The third kappa shape index (κ3) is 5.59. The molecule has 1 aliphatic carbocycles. The van der Waals surface area contributed by atoms with Gasteiger partial charge >= 0.3 is 0 Å². The molecule has 0 aromatic heterocycles. The highest BCUT2D eigenvalue weighted by molar-refractivity contribution is 5.95. The molecule has 0 bridgehead atoms. The van der Waals surface area contributed by atoms with Crippen LogP contribution in [-0.2, 0) is 0 Å². The van der Waals surface area contributed by atoms with Crippen molar-refractivity contribution in [3.8, 4) is 11.5 Å². The van der Waals surface area contributed by atoms with Crippen molar-refractivity contribution in [1.82, 2.24) is 5.32 Å². The van der Waals surface area contributed by atoms with Gasteiger partial charge in [0.1, 0.15) is 0 Å². The summed E-state index contributed by atoms with van der Waals surface area (Å²) in [6.07, 6.45) is 3.22. The Kier molecular flexibility index (Phi) is 8.20. The lowest BCUT2D eigenvalue weighted by Gasteiger charge is -2.17. The van der Waals surface area contributed by atoms with Crippen molar-refractivity contribution in [3.63, 3.8) is 0 Å². The largest absolute Gasteiger partial charge is 0.490 e. The number of benzene rings is 1. The van der Waals surface area contributed by atoms with E-state index in [4.69, 9.17) is 15.2 Å². The predicted octanol–water partition coefficient (Wildman–Crippen LogP) is 2.76. The zero-order chi connectivity index (χ0) is 15.9. The third-order valence-electron chi connectivity index (χ3n) is 3.73. The Morgan fingerprint density at radius 1 is 1.30 bits per heavy atom. The molecular weight excluding hydrogens is 316 g/mol. The Bertz CT molecular complexity index is 507. The third-order valence-corrected chi connectivity index (χ3v) is 3.73. The number of nitrogens with one attached hydrogen (secondary N) is 1. The van der Waals surface area contributed by atoms with E-state index in [1.807, 2.05) is 13.8 Å². The van der Waals surface area contributed by atoms with Gasteiger partial charge in [0, 0.05) is 18.2 Å². The van der Waals surface area contributed by atoms with E-state index in [0.717, 1.165) is 19.3 Å². The summed E-state index contributed by atoms with van der Waals surface area (Å²) in [5.41, 5.74) is 6.31. The molecule has 0 radical (unpaired) electrons. The van der Waals surface area contributed by atoms with Crippen LogP contribution < -0.4 is 20.5 Å². The summed E-state index contributed by atoms with van der Waals surface area (Å²) < 4.78 is 11.2. The summed E-state index contributed by atoms with van der Waals surface area (Å²) in [6, 6.07) is 5.37. The molecule has 0 saturated heterocycles. The van der Waals surface area contributed by atoms with Crippen LogP contribution in [0.3, 0.4) is 0 Å². The molecular formula is C17H27ClN2O3. The Hall–Kier alpha value is -1.46. The fourth-order valence-electron chi connectivity index (χ4n) is 2.37. The number of halogens is 1. The van der Waals surface area contributed by atoms with Crippen LogP contribution in [0.5, 0.6) is 11.5 Å². The van der Waals surface area contributed by atoms with Crippen molar-refractivity contribution in [3.05, 3.63) is 23.8 Å². The molecule has 1 aromatic rings. The van der Waals surface area contributed by atoms with Crippen LogP contribution in [0, 0.1) is 5.92 Å². The van der Waals surface area contributed by atoms with Crippen molar-refractivity contribution in [2.75, 3.05) is 19.8 Å². The summed E-state index contributed by atoms with van der Waals surface area (Å²) >= 11 is 0. The van der Waals surface area contributed by atoms with Gasteiger partial charge in [0.05, 0.1) is 13.2 Å². The van der Waals surface area contributed by atoms with Crippen molar-refractivity contribution in [2.45, 2.75) is 39.2 Å². The van der Waals surface area contributed by atoms with E-state index >= 15 is 0 Å². The second-order valence-corrected chi connectivity index (χ2v) is 5.60. The second kappa shape index (κ2) is 9.63. The predicted molar refractivity (Wildman–Crippen MR) is 93.7 cm³/mol. The number of nitrogens with two attached hydrogens (primary N) is 1. The fraction of sp³-hybridized carbons (Fsp3) is 0.588. The molecule has 1 aromatic carbocycles. The van der Waals surface area contributed by atoms with Gasteiger partial charge in [-0.1, -0.05) is 6.92 Å². The van der Waals surface area contributed by atoms with Gasteiger partial charge in [-0.2, -0.15) is 0 Å². The zero-order valence-electron chi connectivity index (χ0n) is 13.8. The summed E-state index contributed by atoms with van der Waals surface area (Å²) in [5.74, 6) is 1.72. The zero-order valence-corrected chi connectivity index (χ0v) is 14.7. The first-order valence-corrected chi connectivity index (χ1v) is 8.10. The quantitative estimate of drug-likeness (QED) is 0.723. The molecule has 0 heterocycles. The first-order valence-electron chi connectivity index (χ1n) is 8.10. The molecule has 1 amide bonds. The Morgan fingerprint density at radius 2 is 2.04 bits per heavy atom. The summed E-state index contributed by atoms with van der Waals surface area (Å²) in [6.45, 7) is 5.59. The molecule has 1 unspecified atom stereocenters. The van der Waals surface area contributed by atoms with Crippen molar-refractivity contribution < 1.29 is 14.3 Å². The van der Waals surface area contributed by atoms with Crippen molar-refractivity contribution in [1.29, 1.82) is 0 Å². The van der Waals surface area contributed by atoms with Crippen LogP contribution in [0.2, 0.25) is 0 Å². The first kappa shape index (κ1) is 19.6. The van der Waals surface area contributed by atoms with Gasteiger partial charge in [0.2, 0.25) is 0 Å². The Morgan fingerprint density at radius 3 is 2.61 bits per heavy atom. The SMILES string of the molecule is CCCOc1ccc(C(=O)NC(CN)C2CC2)cc1OCC.Cl. The van der Waals surface area contributed by atoms with E-state index in [9.17, 15) is 4.79 Å². The molecule has 0 aliphatic heterocycles. The number of ether oxygens (including phenoxy) is 2. The first-order chi connectivity index (χ1) is 10.7. The van der Waals surface area contributed by atoms with Gasteiger partial charge in [0.25, 0.3) is 5.91 Å². The number of hydrogen-bond acceptors (Lipinski definition) is 4. The van der Waals surface area contributed by atoms with Gasteiger partial charge in [-0.15, -0.1) is 12.4 Å². The normalized spacial score (nSPS) is 14.6. The minimum Gasteiger partial charge on any atom is -0.490 e. The lowest BCUT2D eigenvalue weighted by Crippen LogP contribution is -2.41. The van der Waals surface area contributed by atoms with Crippen LogP contribution in [0.4, 0.5) is 0 Å². The van der Waals surface area contributed by atoms with Crippen LogP contribution >= 0.6 is 12.4 Å². The lowest BCUT2D eigenvalue weighted by atomic mass is 10.1. The molecule has 6 heteroatoms. The van der Waals surface area contributed by atoms with Gasteiger partial charge in [-0.25, -0.2) is 0 Å². The topological polar surface area (TPSA) is 73.6 Å². The average Bonchev–Trinajstić information content (AvgIpc) is 3.36. The maximum atomic E-state index is 12.4. The van der Waals surface area contributed by atoms with Gasteiger partial charge in [-0.3, -0.25) is 4.79 Å². The van der Waals surface area contributed by atoms with E-state index in [-0.39, 0.29) is 24.4 Å². The van der Waals surface area contributed by atoms with Gasteiger partial charge in [-0.05, 0) is 50.3 Å². The highest BCUT2D eigenvalue weighted by Crippen LogP contribution is 2.33. The molecule has 130 valence electrons. The van der Waals surface area contributed by atoms with Crippen LogP contribution in [0.1, 0.15) is 43.5 Å². The maximum absolute atomic E-state index is 12.4. The minimum absolute atomic E-state index is 0. The second-order valence-electron chi connectivity index (χ2n) is 5.60. The maximum Gasteiger partial charge on any atom is 0.251 e. The molecule has 2 rings (SSSR count). The minimum atomic E-state index is -0.106. The van der Waals surface area contributed by atoms with Crippen molar-refractivity contribution in [2.24, 2.45) is 11.7 Å². The number of hydrogen-bond donors (Lipinski definition) is 2. The number of carbonyl (C=O) groups is 1. The number of rotatable bonds is 9. The standard InChI is InChI=1S/C17H26N2O3.ClH/c1-3-9-22-15-8-7-13(10-16(15)21-4-2)17(20)19-14(11-18)12-5-6-12;/h7-8,10,12,14H,3-6,9,11,18H2,1-2H3,(H,19,20);1H. The Balaban J connectivity index is 0.00000264. The highest BCUT2D eigenvalue weighted by atomic mass is 35.5. The van der Waals surface area contributed by atoms with E-state index in [0.29, 0.717) is 42.7 Å². The Labute approximate surface area is 144 Å². The van der Waals surface area contributed by atoms with Crippen molar-refractivity contribution >= 4 is 18.3 Å². The molecule has 1 fully saturated rings. The van der Waals surface area contributed by atoms with Crippen LogP contribution in [-0.4, -0.2) is 31.7 Å². The lowest BCUT2D eigenvalue weighted by molar-refractivity contribution is 0.0933. The summed E-state index contributed by atoms with van der Waals surface area (Å²) in [4.78, 5) is 12.4. The monoisotopic (exact) mass is 342 g/mol.